The van der Waals surface area contributed by atoms with Crippen LogP contribution in [0.3, 0.4) is 0 Å². The molecule has 0 spiro atoms. The molecule has 0 aliphatic heterocycles. The summed E-state index contributed by atoms with van der Waals surface area (Å²) in [5.74, 6) is 0.0367. The molecule has 1 heterocycles. The number of H-pyrrole nitrogens is 1. The van der Waals surface area contributed by atoms with Gasteiger partial charge in [0.15, 0.2) is 6.61 Å². The summed E-state index contributed by atoms with van der Waals surface area (Å²) in [5.41, 5.74) is 0.370. The molecule has 160 valence electrons. The van der Waals surface area contributed by atoms with Crippen molar-refractivity contribution in [2.75, 3.05) is 11.9 Å². The molecule has 0 bridgehead atoms. The molecule has 3 aromatic carbocycles. The third-order valence-corrected chi connectivity index (χ3v) is 4.98. The van der Waals surface area contributed by atoms with E-state index in [0.717, 1.165) is 9.15 Å². The van der Waals surface area contributed by atoms with Gasteiger partial charge >= 0.3 is 5.69 Å². The Hall–Kier alpha value is -3.98. The number of aromatic amines is 1. The number of carbonyl (C=O) groups is 1. The Bertz CT molecular complexity index is 1430. The SMILES string of the molecule is O=C(COc1ccc(Br)cc1C=Nn1c(=O)[nH]c2ccccc2c1=O)Nc1ccccc1. The predicted molar refractivity (Wildman–Crippen MR) is 127 cm³/mol. The summed E-state index contributed by atoms with van der Waals surface area (Å²) in [6.07, 6.45) is 1.33. The van der Waals surface area contributed by atoms with Gasteiger partial charge in [-0.05, 0) is 42.5 Å². The molecule has 2 N–H and O–H groups in total. The fourth-order valence-electron chi connectivity index (χ4n) is 2.99. The molecule has 1 aromatic heterocycles. The van der Waals surface area contributed by atoms with Crippen LogP contribution in [0.25, 0.3) is 10.9 Å². The highest BCUT2D eigenvalue weighted by Gasteiger charge is 2.09. The van der Waals surface area contributed by atoms with Crippen LogP contribution in [-0.4, -0.2) is 28.4 Å². The number of hydrogen-bond acceptors (Lipinski definition) is 5. The topological polar surface area (TPSA) is 106 Å². The molecule has 32 heavy (non-hydrogen) atoms. The van der Waals surface area contributed by atoms with Gasteiger partial charge in [0.05, 0.1) is 17.1 Å². The standard InChI is InChI=1S/C23H17BrN4O4/c24-16-10-11-20(32-14-21(29)26-17-6-2-1-3-7-17)15(12-16)13-25-28-22(30)18-8-4-5-9-19(18)27-23(28)31/h1-13H,14H2,(H,26,29)(H,27,31). The van der Waals surface area contributed by atoms with Gasteiger partial charge in [-0.25, -0.2) is 4.79 Å². The molecular weight excluding hydrogens is 476 g/mol. The van der Waals surface area contributed by atoms with Crippen molar-refractivity contribution in [3.8, 4) is 5.75 Å². The first-order chi connectivity index (χ1) is 15.5. The Balaban J connectivity index is 1.57. The lowest BCUT2D eigenvalue weighted by atomic mass is 10.2. The fourth-order valence-corrected chi connectivity index (χ4v) is 3.37. The van der Waals surface area contributed by atoms with Gasteiger partial charge in [-0.2, -0.15) is 5.10 Å². The minimum Gasteiger partial charge on any atom is -0.483 e. The van der Waals surface area contributed by atoms with Crippen molar-refractivity contribution in [3.63, 3.8) is 0 Å². The second kappa shape index (κ2) is 9.44. The monoisotopic (exact) mass is 492 g/mol. The first-order valence-electron chi connectivity index (χ1n) is 9.57. The predicted octanol–water partition coefficient (Wildman–Crippen LogP) is 3.35. The van der Waals surface area contributed by atoms with Gasteiger partial charge in [0.2, 0.25) is 0 Å². The molecule has 0 saturated heterocycles. The number of anilines is 1. The number of hydrogen-bond donors (Lipinski definition) is 2. The van der Waals surface area contributed by atoms with Gasteiger partial charge in [0.25, 0.3) is 11.5 Å². The second-order valence-electron chi connectivity index (χ2n) is 6.72. The molecule has 0 saturated carbocycles. The zero-order valence-electron chi connectivity index (χ0n) is 16.6. The lowest BCUT2D eigenvalue weighted by molar-refractivity contribution is -0.118. The van der Waals surface area contributed by atoms with Crippen molar-refractivity contribution in [2.45, 2.75) is 0 Å². The van der Waals surface area contributed by atoms with Crippen LogP contribution in [0.2, 0.25) is 0 Å². The molecule has 8 nitrogen and oxygen atoms in total. The summed E-state index contributed by atoms with van der Waals surface area (Å²) in [4.78, 5) is 39.8. The summed E-state index contributed by atoms with van der Waals surface area (Å²) >= 11 is 3.38. The molecule has 1 amide bonds. The number of amides is 1. The lowest BCUT2D eigenvalue weighted by Gasteiger charge is -2.10. The average molecular weight is 493 g/mol. The van der Waals surface area contributed by atoms with Crippen LogP contribution in [0.4, 0.5) is 5.69 Å². The molecule has 9 heteroatoms. The summed E-state index contributed by atoms with van der Waals surface area (Å²) in [7, 11) is 0. The van der Waals surface area contributed by atoms with Crippen molar-refractivity contribution < 1.29 is 9.53 Å². The van der Waals surface area contributed by atoms with E-state index in [1.54, 1.807) is 54.6 Å². The van der Waals surface area contributed by atoms with Gasteiger partial charge in [0, 0.05) is 15.7 Å². The van der Waals surface area contributed by atoms with Crippen LogP contribution < -0.4 is 21.3 Å². The van der Waals surface area contributed by atoms with Crippen molar-refractivity contribution in [1.29, 1.82) is 0 Å². The molecule has 0 fully saturated rings. The largest absolute Gasteiger partial charge is 0.483 e. The number of benzene rings is 3. The van der Waals surface area contributed by atoms with E-state index in [0.29, 0.717) is 27.9 Å². The van der Waals surface area contributed by atoms with Crippen molar-refractivity contribution >= 4 is 44.6 Å². The van der Waals surface area contributed by atoms with Crippen molar-refractivity contribution in [1.82, 2.24) is 9.66 Å². The molecular formula is C23H17BrN4O4. The van der Waals surface area contributed by atoms with E-state index in [1.807, 2.05) is 18.2 Å². The Morgan fingerprint density at radius 2 is 1.81 bits per heavy atom. The quantitative estimate of drug-likeness (QED) is 0.402. The van der Waals surface area contributed by atoms with Gasteiger partial charge in [-0.1, -0.05) is 46.3 Å². The number of nitrogens with one attached hydrogen (secondary N) is 2. The zero-order chi connectivity index (χ0) is 22.5. The van der Waals surface area contributed by atoms with Crippen LogP contribution in [0.5, 0.6) is 5.75 Å². The Morgan fingerprint density at radius 1 is 1.06 bits per heavy atom. The average Bonchev–Trinajstić information content (AvgIpc) is 2.79. The smallest absolute Gasteiger partial charge is 0.349 e. The number of aromatic nitrogens is 2. The van der Waals surface area contributed by atoms with Gasteiger partial charge < -0.3 is 15.0 Å². The molecule has 0 atom stereocenters. The molecule has 0 radical (unpaired) electrons. The fraction of sp³-hybridized carbons (Fsp3) is 0.0435. The Labute approximate surface area is 190 Å². The second-order valence-corrected chi connectivity index (χ2v) is 7.64. The van der Waals surface area contributed by atoms with Crippen LogP contribution in [-0.2, 0) is 4.79 Å². The van der Waals surface area contributed by atoms with Gasteiger partial charge in [0.1, 0.15) is 5.75 Å². The highest BCUT2D eigenvalue weighted by atomic mass is 79.9. The van der Waals surface area contributed by atoms with Crippen LogP contribution in [0.1, 0.15) is 5.56 Å². The summed E-state index contributed by atoms with van der Waals surface area (Å²) in [6, 6.07) is 20.8. The lowest BCUT2D eigenvalue weighted by Crippen LogP contribution is -2.32. The van der Waals surface area contributed by atoms with Crippen LogP contribution in [0.15, 0.2) is 92.0 Å². The highest BCUT2D eigenvalue weighted by Crippen LogP contribution is 2.22. The Kier molecular flexibility index (Phi) is 6.27. The Morgan fingerprint density at radius 3 is 2.62 bits per heavy atom. The minimum atomic E-state index is -0.662. The molecule has 0 aliphatic carbocycles. The molecule has 0 unspecified atom stereocenters. The van der Waals surface area contributed by atoms with E-state index in [9.17, 15) is 14.4 Å². The van der Waals surface area contributed by atoms with E-state index in [2.05, 4.69) is 31.3 Å². The minimum absolute atomic E-state index is 0.228. The molecule has 4 rings (SSSR count). The number of nitrogens with zero attached hydrogens (tertiary/aromatic N) is 2. The maximum atomic E-state index is 12.6. The summed E-state index contributed by atoms with van der Waals surface area (Å²) in [5, 5.41) is 7.13. The number of carbonyl (C=O) groups excluding carboxylic acids is 1. The van der Waals surface area contributed by atoms with E-state index in [1.165, 1.54) is 6.21 Å². The van der Waals surface area contributed by atoms with E-state index >= 15 is 0 Å². The van der Waals surface area contributed by atoms with Gasteiger partial charge in [-0.3, -0.25) is 9.59 Å². The zero-order valence-corrected chi connectivity index (χ0v) is 18.2. The summed E-state index contributed by atoms with van der Waals surface area (Å²) in [6.45, 7) is -0.228. The maximum absolute atomic E-state index is 12.6. The number of fused-ring (bicyclic) bond motifs is 1. The van der Waals surface area contributed by atoms with Crippen LogP contribution >= 0.6 is 15.9 Å². The first kappa shape index (κ1) is 21.3. The van der Waals surface area contributed by atoms with Crippen LogP contribution in [0, 0.1) is 0 Å². The van der Waals surface area contributed by atoms with Crippen molar-refractivity contribution in [3.05, 3.63) is 104 Å². The summed E-state index contributed by atoms with van der Waals surface area (Å²) < 4.78 is 7.13. The van der Waals surface area contributed by atoms with E-state index in [4.69, 9.17) is 4.74 Å². The normalized spacial score (nSPS) is 11.0. The molecule has 0 aliphatic rings. The van der Waals surface area contributed by atoms with E-state index < -0.39 is 11.2 Å². The molecule has 4 aromatic rings. The first-order valence-corrected chi connectivity index (χ1v) is 10.4. The van der Waals surface area contributed by atoms with Crippen molar-refractivity contribution in [2.24, 2.45) is 5.10 Å². The third-order valence-electron chi connectivity index (χ3n) is 4.48. The third kappa shape index (κ3) is 4.84. The maximum Gasteiger partial charge on any atom is 0.349 e. The number of halogens is 1. The highest BCUT2D eigenvalue weighted by molar-refractivity contribution is 9.10. The number of para-hydroxylation sites is 2. The number of ether oxygens (including phenoxy) is 1. The number of rotatable bonds is 6. The van der Waals surface area contributed by atoms with E-state index in [-0.39, 0.29) is 12.5 Å². The van der Waals surface area contributed by atoms with Gasteiger partial charge in [-0.15, -0.1) is 4.68 Å².